The van der Waals surface area contributed by atoms with E-state index in [1.54, 1.807) is 0 Å². The zero-order valence-electron chi connectivity index (χ0n) is 14.2. The molecule has 0 saturated carbocycles. The van der Waals surface area contributed by atoms with Gasteiger partial charge in [-0.3, -0.25) is 4.79 Å². The Bertz CT molecular complexity index is 645. The van der Waals surface area contributed by atoms with E-state index in [0.29, 0.717) is 13.2 Å². The van der Waals surface area contributed by atoms with Crippen LogP contribution in [-0.4, -0.2) is 38.0 Å². The Morgan fingerprint density at radius 1 is 1.26 bits per heavy atom. The van der Waals surface area contributed by atoms with Crippen LogP contribution in [-0.2, 0) is 6.61 Å². The summed E-state index contributed by atoms with van der Waals surface area (Å²) in [5.74, 6) is 0.908. The molecule has 1 amide bonds. The number of nitrogens with one attached hydrogen (secondary N) is 1. The molecule has 0 bridgehead atoms. The first-order chi connectivity index (χ1) is 11.0. The van der Waals surface area contributed by atoms with Crippen LogP contribution in [0.2, 0.25) is 0 Å². The lowest BCUT2D eigenvalue weighted by atomic mass is 10.1. The highest BCUT2D eigenvalue weighted by Gasteiger charge is 2.10. The molecule has 124 valence electrons. The SMILES string of the molecule is Cc1cccc(C)c1OCc1csc(C(=O)NCCN(C)C)c1. The second kappa shape index (κ2) is 8.13. The van der Waals surface area contributed by atoms with Gasteiger partial charge in [-0.05, 0) is 50.5 Å². The van der Waals surface area contributed by atoms with Crippen LogP contribution in [0.5, 0.6) is 5.75 Å². The highest BCUT2D eigenvalue weighted by atomic mass is 32.1. The van der Waals surface area contributed by atoms with Crippen molar-refractivity contribution in [3.63, 3.8) is 0 Å². The summed E-state index contributed by atoms with van der Waals surface area (Å²) >= 11 is 1.45. The van der Waals surface area contributed by atoms with Gasteiger partial charge < -0.3 is 15.0 Å². The lowest BCUT2D eigenvalue weighted by Gasteiger charge is -2.11. The topological polar surface area (TPSA) is 41.6 Å². The van der Waals surface area contributed by atoms with Gasteiger partial charge in [0.2, 0.25) is 0 Å². The number of carbonyl (C=O) groups is 1. The molecular formula is C18H24N2O2S. The fraction of sp³-hybridized carbons (Fsp3) is 0.389. The van der Waals surface area contributed by atoms with Crippen LogP contribution in [0.1, 0.15) is 26.4 Å². The van der Waals surface area contributed by atoms with Crippen molar-refractivity contribution in [3.8, 4) is 5.75 Å². The Morgan fingerprint density at radius 3 is 2.61 bits per heavy atom. The van der Waals surface area contributed by atoms with Gasteiger partial charge in [-0.25, -0.2) is 0 Å². The predicted molar refractivity (Wildman–Crippen MR) is 95.5 cm³/mol. The normalized spacial score (nSPS) is 10.8. The van der Waals surface area contributed by atoms with E-state index in [1.807, 2.05) is 62.5 Å². The largest absolute Gasteiger partial charge is 0.488 e. The fourth-order valence-electron chi connectivity index (χ4n) is 2.23. The van der Waals surface area contributed by atoms with Crippen LogP contribution in [0.3, 0.4) is 0 Å². The quantitative estimate of drug-likeness (QED) is 0.846. The van der Waals surface area contributed by atoms with Gasteiger partial charge in [0.05, 0.1) is 4.88 Å². The Hall–Kier alpha value is -1.85. The van der Waals surface area contributed by atoms with E-state index in [9.17, 15) is 4.79 Å². The summed E-state index contributed by atoms with van der Waals surface area (Å²) in [4.78, 5) is 14.8. The van der Waals surface area contributed by atoms with Crippen LogP contribution in [0, 0.1) is 13.8 Å². The standard InChI is InChI=1S/C18H24N2O2S/c1-13-6-5-7-14(2)17(13)22-11-15-10-16(23-12-15)18(21)19-8-9-20(3)4/h5-7,10,12H,8-9,11H2,1-4H3,(H,19,21). The number of rotatable bonds is 7. The maximum atomic E-state index is 12.1. The molecule has 0 spiro atoms. The van der Waals surface area contributed by atoms with E-state index in [-0.39, 0.29) is 5.91 Å². The van der Waals surface area contributed by atoms with Crippen LogP contribution in [0.15, 0.2) is 29.6 Å². The van der Waals surface area contributed by atoms with Crippen molar-refractivity contribution in [2.45, 2.75) is 20.5 Å². The summed E-state index contributed by atoms with van der Waals surface area (Å²) in [6.45, 7) is 6.05. The zero-order chi connectivity index (χ0) is 16.8. The van der Waals surface area contributed by atoms with Gasteiger partial charge in [0.25, 0.3) is 5.91 Å². The average molecular weight is 332 g/mol. The third kappa shape index (κ3) is 5.08. The Morgan fingerprint density at radius 2 is 1.96 bits per heavy atom. The maximum absolute atomic E-state index is 12.1. The minimum atomic E-state index is -0.0184. The highest BCUT2D eigenvalue weighted by Crippen LogP contribution is 2.24. The Kier molecular flexibility index (Phi) is 6.19. The molecule has 2 aromatic rings. The summed E-state index contributed by atoms with van der Waals surface area (Å²) in [5.41, 5.74) is 3.28. The number of ether oxygens (including phenoxy) is 1. The van der Waals surface area contributed by atoms with Gasteiger partial charge >= 0.3 is 0 Å². The molecule has 5 heteroatoms. The van der Waals surface area contributed by atoms with Crippen molar-refractivity contribution in [2.24, 2.45) is 0 Å². The molecule has 0 aliphatic rings. The molecule has 0 saturated heterocycles. The molecule has 0 atom stereocenters. The number of nitrogens with zero attached hydrogens (tertiary/aromatic N) is 1. The van der Waals surface area contributed by atoms with Gasteiger partial charge in [0, 0.05) is 18.7 Å². The molecule has 4 nitrogen and oxygen atoms in total. The third-order valence-electron chi connectivity index (χ3n) is 3.51. The molecule has 0 fully saturated rings. The van der Waals surface area contributed by atoms with Gasteiger partial charge in [-0.2, -0.15) is 0 Å². The smallest absolute Gasteiger partial charge is 0.261 e. The molecular weight excluding hydrogens is 308 g/mol. The van der Waals surface area contributed by atoms with E-state index in [4.69, 9.17) is 4.74 Å². The highest BCUT2D eigenvalue weighted by molar-refractivity contribution is 7.12. The number of likely N-dealkylation sites (N-methyl/N-ethyl adjacent to an activating group) is 1. The molecule has 0 radical (unpaired) electrons. The van der Waals surface area contributed by atoms with Crippen LogP contribution in [0.25, 0.3) is 0 Å². The first kappa shape index (κ1) is 17.5. The molecule has 2 rings (SSSR count). The predicted octanol–water partition coefficient (Wildman–Crippen LogP) is 3.24. The van der Waals surface area contributed by atoms with Gasteiger partial charge in [0.1, 0.15) is 12.4 Å². The second-order valence-corrected chi connectivity index (χ2v) is 6.80. The number of hydrogen-bond acceptors (Lipinski definition) is 4. The Labute approximate surface area is 142 Å². The second-order valence-electron chi connectivity index (χ2n) is 5.89. The average Bonchev–Trinajstić information content (AvgIpc) is 2.95. The Balaban J connectivity index is 1.91. The minimum Gasteiger partial charge on any atom is -0.488 e. The van der Waals surface area contributed by atoms with E-state index in [0.717, 1.165) is 33.9 Å². The van der Waals surface area contributed by atoms with Crippen LogP contribution >= 0.6 is 11.3 Å². The molecule has 23 heavy (non-hydrogen) atoms. The summed E-state index contributed by atoms with van der Waals surface area (Å²) in [6.07, 6.45) is 0. The number of thiophene rings is 1. The summed E-state index contributed by atoms with van der Waals surface area (Å²) in [7, 11) is 3.97. The fourth-order valence-corrected chi connectivity index (χ4v) is 3.05. The summed E-state index contributed by atoms with van der Waals surface area (Å²) in [6, 6.07) is 8.01. The number of benzene rings is 1. The summed E-state index contributed by atoms with van der Waals surface area (Å²) < 4.78 is 5.93. The first-order valence-electron chi connectivity index (χ1n) is 7.66. The number of carbonyl (C=O) groups excluding carboxylic acids is 1. The van der Waals surface area contributed by atoms with Gasteiger partial charge in [-0.15, -0.1) is 11.3 Å². The molecule has 0 unspecified atom stereocenters. The summed E-state index contributed by atoms with van der Waals surface area (Å²) in [5, 5.41) is 4.91. The maximum Gasteiger partial charge on any atom is 0.261 e. The van der Waals surface area contributed by atoms with Crippen molar-refractivity contribution in [1.82, 2.24) is 10.2 Å². The zero-order valence-corrected chi connectivity index (χ0v) is 15.0. The van der Waals surface area contributed by atoms with Gasteiger partial charge in [-0.1, -0.05) is 18.2 Å². The molecule has 1 aromatic carbocycles. The monoisotopic (exact) mass is 332 g/mol. The molecule has 0 aliphatic heterocycles. The number of hydrogen-bond donors (Lipinski definition) is 1. The molecule has 1 N–H and O–H groups in total. The number of para-hydroxylation sites is 1. The minimum absolute atomic E-state index is 0.0184. The van der Waals surface area contributed by atoms with Crippen LogP contribution in [0.4, 0.5) is 0 Å². The van der Waals surface area contributed by atoms with E-state index < -0.39 is 0 Å². The van der Waals surface area contributed by atoms with E-state index in [2.05, 4.69) is 5.32 Å². The van der Waals surface area contributed by atoms with E-state index >= 15 is 0 Å². The molecule has 1 heterocycles. The van der Waals surface area contributed by atoms with E-state index in [1.165, 1.54) is 11.3 Å². The lowest BCUT2D eigenvalue weighted by molar-refractivity contribution is 0.0955. The number of amides is 1. The molecule has 1 aromatic heterocycles. The van der Waals surface area contributed by atoms with Crippen molar-refractivity contribution < 1.29 is 9.53 Å². The number of aryl methyl sites for hydroxylation is 2. The van der Waals surface area contributed by atoms with Crippen molar-refractivity contribution in [3.05, 3.63) is 51.2 Å². The third-order valence-corrected chi connectivity index (χ3v) is 4.49. The van der Waals surface area contributed by atoms with Gasteiger partial charge in [0.15, 0.2) is 0 Å². The van der Waals surface area contributed by atoms with Crippen LogP contribution < -0.4 is 10.1 Å². The molecule has 0 aliphatic carbocycles. The first-order valence-corrected chi connectivity index (χ1v) is 8.54. The van der Waals surface area contributed by atoms with Crippen molar-refractivity contribution in [1.29, 1.82) is 0 Å². The van der Waals surface area contributed by atoms with Crippen molar-refractivity contribution in [2.75, 3.05) is 27.2 Å². The van der Waals surface area contributed by atoms with Crippen molar-refractivity contribution >= 4 is 17.2 Å². The lowest BCUT2D eigenvalue weighted by Crippen LogP contribution is -2.30.